The normalized spacial score (nSPS) is 11.8. The molecule has 7 aromatic carbocycles. The van der Waals surface area contributed by atoms with Gasteiger partial charge in [0.05, 0.1) is 22.2 Å². The number of rotatable bonds is 4. The highest BCUT2D eigenvalue weighted by atomic mass is 32.1. The topological polar surface area (TPSA) is 30.7 Å². The van der Waals surface area contributed by atoms with Crippen molar-refractivity contribution >= 4 is 64.2 Å². The van der Waals surface area contributed by atoms with Crippen LogP contribution in [-0.4, -0.2) is 14.5 Å². The average Bonchev–Trinajstić information content (AvgIpc) is 3.70. The van der Waals surface area contributed by atoms with Crippen LogP contribution < -0.4 is 0 Å². The molecule has 0 atom stereocenters. The van der Waals surface area contributed by atoms with E-state index in [0.717, 1.165) is 44.8 Å². The molecule has 0 N–H and O–H groups in total. The van der Waals surface area contributed by atoms with Crippen LogP contribution >= 0.6 is 11.3 Å². The predicted octanol–water partition coefficient (Wildman–Crippen LogP) is 12.1. The first kappa shape index (κ1) is 27.1. The van der Waals surface area contributed by atoms with Gasteiger partial charge in [0, 0.05) is 53.1 Å². The number of para-hydroxylation sites is 2. The molecule has 0 aliphatic carbocycles. The number of fused-ring (bicyclic) bond motifs is 8. The molecule has 0 spiro atoms. The van der Waals surface area contributed by atoms with Crippen molar-refractivity contribution in [2.24, 2.45) is 0 Å². The van der Waals surface area contributed by atoms with Crippen molar-refractivity contribution in [3.63, 3.8) is 0 Å². The quantitative estimate of drug-likeness (QED) is 0.194. The first-order valence-corrected chi connectivity index (χ1v) is 17.0. The fourth-order valence-corrected chi connectivity index (χ4v) is 8.41. The lowest BCUT2D eigenvalue weighted by Crippen LogP contribution is -1.96. The molecule has 3 heterocycles. The van der Waals surface area contributed by atoms with Crippen molar-refractivity contribution < 1.29 is 0 Å². The van der Waals surface area contributed by atoms with E-state index in [1.54, 1.807) is 0 Å². The molecule has 3 aromatic heterocycles. The highest BCUT2D eigenvalue weighted by Gasteiger charge is 2.19. The lowest BCUT2D eigenvalue weighted by atomic mass is 10.0. The molecule has 0 radical (unpaired) electrons. The molecule has 0 unspecified atom stereocenters. The van der Waals surface area contributed by atoms with Crippen LogP contribution in [0.2, 0.25) is 0 Å². The molecule has 3 nitrogen and oxygen atoms in total. The summed E-state index contributed by atoms with van der Waals surface area (Å²) in [6.45, 7) is 0. The minimum absolute atomic E-state index is 0.717. The van der Waals surface area contributed by atoms with Gasteiger partial charge in [-0.2, -0.15) is 0 Å². The lowest BCUT2D eigenvalue weighted by Gasteiger charge is -2.11. The van der Waals surface area contributed by atoms with Gasteiger partial charge < -0.3 is 4.57 Å². The minimum atomic E-state index is 0.717. The maximum atomic E-state index is 5.27. The molecule has 0 amide bonds. The molecule has 4 heteroatoms. The number of hydrogen-bond acceptors (Lipinski definition) is 3. The Kier molecular flexibility index (Phi) is 6.05. The van der Waals surface area contributed by atoms with Gasteiger partial charge in [-0.3, -0.25) is 0 Å². The Bertz CT molecular complexity index is 2810. The van der Waals surface area contributed by atoms with Gasteiger partial charge in [-0.1, -0.05) is 127 Å². The highest BCUT2D eigenvalue weighted by molar-refractivity contribution is 7.26. The van der Waals surface area contributed by atoms with E-state index in [4.69, 9.17) is 9.97 Å². The molecule has 10 rings (SSSR count). The Morgan fingerprint density at radius 2 is 1.08 bits per heavy atom. The van der Waals surface area contributed by atoms with Gasteiger partial charge >= 0.3 is 0 Å². The summed E-state index contributed by atoms with van der Waals surface area (Å²) >= 11 is 1.88. The molecule has 0 saturated carbocycles. The van der Waals surface area contributed by atoms with Crippen LogP contribution in [0.25, 0.3) is 92.3 Å². The summed E-state index contributed by atoms with van der Waals surface area (Å²) in [6.07, 6.45) is 0. The van der Waals surface area contributed by atoms with Crippen LogP contribution in [-0.2, 0) is 0 Å². The van der Waals surface area contributed by atoms with Gasteiger partial charge in [0.1, 0.15) is 0 Å². The Morgan fingerprint density at radius 3 is 1.92 bits per heavy atom. The zero-order valence-corrected chi connectivity index (χ0v) is 26.7. The van der Waals surface area contributed by atoms with Gasteiger partial charge in [-0.05, 0) is 47.5 Å². The molecule has 10 aromatic rings. The van der Waals surface area contributed by atoms with Gasteiger partial charge in [0.25, 0.3) is 0 Å². The molecule has 224 valence electrons. The largest absolute Gasteiger partial charge is 0.309 e. The third-order valence-corrected chi connectivity index (χ3v) is 10.6. The maximum Gasteiger partial charge on any atom is 0.160 e. The first-order valence-electron chi connectivity index (χ1n) is 16.2. The fraction of sp³-hybridized carbons (Fsp3) is 0. The Balaban J connectivity index is 1.20. The van der Waals surface area contributed by atoms with E-state index in [-0.39, 0.29) is 0 Å². The fourth-order valence-electron chi connectivity index (χ4n) is 7.15. The summed E-state index contributed by atoms with van der Waals surface area (Å²) in [6, 6.07) is 58.2. The minimum Gasteiger partial charge on any atom is -0.309 e. The van der Waals surface area contributed by atoms with Gasteiger partial charge in [0.15, 0.2) is 5.82 Å². The monoisotopic (exact) mass is 629 g/mol. The van der Waals surface area contributed by atoms with Gasteiger partial charge in [-0.15, -0.1) is 11.3 Å². The smallest absolute Gasteiger partial charge is 0.160 e. The zero-order chi connectivity index (χ0) is 31.6. The van der Waals surface area contributed by atoms with E-state index < -0.39 is 0 Å². The van der Waals surface area contributed by atoms with Crippen LogP contribution in [0.4, 0.5) is 0 Å². The second kappa shape index (κ2) is 10.7. The standard InChI is InChI=1S/C44H27N3S/c1-3-11-28(12-4-1)29-19-21-30(22-20-29)42-35-16-7-9-17-37(35)45-44(46-42)31-23-24-36-39(27-31)47(32-13-5-2-6-14-32)38-26-25-34-33-15-8-10-18-40(33)48-43(34)41(36)38/h1-27H. The van der Waals surface area contributed by atoms with Crippen molar-refractivity contribution in [1.29, 1.82) is 0 Å². The highest BCUT2D eigenvalue weighted by Crippen LogP contribution is 2.44. The number of aromatic nitrogens is 3. The first-order chi connectivity index (χ1) is 23.8. The van der Waals surface area contributed by atoms with Crippen molar-refractivity contribution in [1.82, 2.24) is 14.5 Å². The summed E-state index contributed by atoms with van der Waals surface area (Å²) in [5.41, 5.74) is 9.79. The van der Waals surface area contributed by atoms with E-state index in [1.165, 1.54) is 47.6 Å². The van der Waals surface area contributed by atoms with E-state index in [9.17, 15) is 0 Å². The molecule has 0 aliphatic heterocycles. The van der Waals surface area contributed by atoms with Gasteiger partial charge in [-0.25, -0.2) is 9.97 Å². The van der Waals surface area contributed by atoms with Crippen LogP contribution in [0, 0.1) is 0 Å². The Morgan fingerprint density at radius 1 is 0.438 bits per heavy atom. The van der Waals surface area contributed by atoms with Crippen LogP contribution in [0.15, 0.2) is 164 Å². The average molecular weight is 630 g/mol. The summed E-state index contributed by atoms with van der Waals surface area (Å²) < 4.78 is 5.03. The number of benzene rings is 7. The molecular weight excluding hydrogens is 603 g/mol. The second-order valence-electron chi connectivity index (χ2n) is 12.2. The summed E-state index contributed by atoms with van der Waals surface area (Å²) in [5.74, 6) is 0.717. The van der Waals surface area contributed by atoms with Crippen LogP contribution in [0.3, 0.4) is 0 Å². The van der Waals surface area contributed by atoms with E-state index >= 15 is 0 Å². The predicted molar refractivity (Wildman–Crippen MR) is 203 cm³/mol. The van der Waals surface area contributed by atoms with E-state index in [1.807, 2.05) is 23.5 Å². The molecule has 0 aliphatic rings. The zero-order valence-electron chi connectivity index (χ0n) is 25.8. The maximum absolute atomic E-state index is 5.27. The molecule has 0 saturated heterocycles. The molecule has 0 fully saturated rings. The Hall–Kier alpha value is -6.10. The molecular formula is C44H27N3S. The van der Waals surface area contributed by atoms with Gasteiger partial charge in [0.2, 0.25) is 0 Å². The lowest BCUT2D eigenvalue weighted by molar-refractivity contribution is 1.18. The number of nitrogens with zero attached hydrogens (tertiary/aromatic N) is 3. The molecule has 0 bridgehead atoms. The summed E-state index contributed by atoms with van der Waals surface area (Å²) in [7, 11) is 0. The van der Waals surface area contributed by atoms with Crippen LogP contribution in [0.1, 0.15) is 0 Å². The summed E-state index contributed by atoms with van der Waals surface area (Å²) in [4.78, 5) is 10.4. The van der Waals surface area contributed by atoms with Crippen molar-refractivity contribution in [2.75, 3.05) is 0 Å². The number of thiophene rings is 1. The second-order valence-corrected chi connectivity index (χ2v) is 13.2. The van der Waals surface area contributed by atoms with E-state index in [2.05, 4.69) is 156 Å². The van der Waals surface area contributed by atoms with Crippen molar-refractivity contribution in [2.45, 2.75) is 0 Å². The third kappa shape index (κ3) is 4.20. The van der Waals surface area contributed by atoms with E-state index in [0.29, 0.717) is 0 Å². The third-order valence-electron chi connectivity index (χ3n) is 9.42. The summed E-state index contributed by atoms with van der Waals surface area (Å²) in [5, 5.41) is 6.18. The molecule has 48 heavy (non-hydrogen) atoms. The number of hydrogen-bond donors (Lipinski definition) is 0. The van der Waals surface area contributed by atoms with Crippen LogP contribution in [0.5, 0.6) is 0 Å². The van der Waals surface area contributed by atoms with Crippen molar-refractivity contribution in [3.05, 3.63) is 164 Å². The Labute approximate surface area is 281 Å². The SMILES string of the molecule is c1ccc(-c2ccc(-c3nc(-c4ccc5c6c7sc8ccccc8c7ccc6n(-c6ccccc6)c5c4)nc4ccccc34)cc2)cc1. The van der Waals surface area contributed by atoms with Crippen molar-refractivity contribution in [3.8, 4) is 39.5 Å².